The lowest BCUT2D eigenvalue weighted by Crippen LogP contribution is -2.46. The van der Waals surface area contributed by atoms with Gasteiger partial charge in [-0.05, 0) is 33.8 Å². The number of rotatable bonds is 4. The molecule has 6 heteroatoms. The molecule has 0 aliphatic rings. The zero-order chi connectivity index (χ0) is 18.2. The number of nitrogens with zero attached hydrogens (tertiary/aromatic N) is 2. The van der Waals surface area contributed by atoms with Crippen LogP contribution in [-0.4, -0.2) is 33.3 Å². The maximum absolute atomic E-state index is 12.8. The van der Waals surface area contributed by atoms with Crippen LogP contribution in [0.1, 0.15) is 35.5 Å². The van der Waals surface area contributed by atoms with Gasteiger partial charge >= 0.3 is 0 Å². The second-order valence-electron chi connectivity index (χ2n) is 6.87. The fourth-order valence-electron chi connectivity index (χ4n) is 2.56. The minimum atomic E-state index is -0.734. The maximum Gasteiger partial charge on any atom is 0.259 e. The standard InChI is InChI=1S/C19H21N3O3/c1-11-5-7-13(8-6-11)15-9-14(17(24)21-19(3,4)10-23)16-12(2)22-25-18(16)20-15/h5-9,23H,10H2,1-4H3,(H,21,24). The van der Waals surface area contributed by atoms with Crippen LogP contribution in [0.3, 0.4) is 0 Å². The van der Waals surface area contributed by atoms with Crippen molar-refractivity contribution in [1.29, 1.82) is 0 Å². The van der Waals surface area contributed by atoms with Crippen molar-refractivity contribution in [3.8, 4) is 11.3 Å². The molecular weight excluding hydrogens is 318 g/mol. The SMILES string of the molecule is Cc1ccc(-c2cc(C(=O)NC(C)(C)CO)c3c(C)noc3n2)cc1. The van der Waals surface area contributed by atoms with Crippen LogP contribution >= 0.6 is 0 Å². The Hall–Kier alpha value is -2.73. The average molecular weight is 339 g/mol. The van der Waals surface area contributed by atoms with E-state index in [2.05, 4.69) is 15.5 Å². The first kappa shape index (κ1) is 17.1. The molecule has 130 valence electrons. The highest BCUT2D eigenvalue weighted by Gasteiger charge is 2.24. The van der Waals surface area contributed by atoms with Gasteiger partial charge in [-0.25, -0.2) is 4.98 Å². The van der Waals surface area contributed by atoms with Crippen molar-refractivity contribution in [3.63, 3.8) is 0 Å². The normalized spacial score (nSPS) is 11.7. The fourth-order valence-corrected chi connectivity index (χ4v) is 2.56. The molecule has 25 heavy (non-hydrogen) atoms. The first-order valence-corrected chi connectivity index (χ1v) is 8.08. The topological polar surface area (TPSA) is 88.2 Å². The molecule has 1 aromatic carbocycles. The number of aromatic nitrogens is 2. The summed E-state index contributed by atoms with van der Waals surface area (Å²) in [6.07, 6.45) is 0. The molecule has 6 nitrogen and oxygen atoms in total. The van der Waals surface area contributed by atoms with Gasteiger partial charge in [0.1, 0.15) is 0 Å². The third kappa shape index (κ3) is 3.39. The van der Waals surface area contributed by atoms with Gasteiger partial charge < -0.3 is 14.9 Å². The maximum atomic E-state index is 12.8. The zero-order valence-corrected chi connectivity index (χ0v) is 14.8. The first-order valence-electron chi connectivity index (χ1n) is 8.08. The van der Waals surface area contributed by atoms with Crippen molar-refractivity contribution >= 4 is 17.0 Å². The van der Waals surface area contributed by atoms with Crippen LogP contribution in [0.25, 0.3) is 22.4 Å². The van der Waals surface area contributed by atoms with Crippen LogP contribution in [0.15, 0.2) is 34.9 Å². The molecule has 0 aliphatic heterocycles. The highest BCUT2D eigenvalue weighted by molar-refractivity contribution is 6.07. The van der Waals surface area contributed by atoms with Gasteiger partial charge in [-0.3, -0.25) is 4.79 Å². The fraction of sp³-hybridized carbons (Fsp3) is 0.316. The Kier molecular flexibility index (Phi) is 4.30. The van der Waals surface area contributed by atoms with E-state index in [0.717, 1.165) is 11.1 Å². The molecule has 0 fully saturated rings. The van der Waals surface area contributed by atoms with Crippen LogP contribution in [-0.2, 0) is 0 Å². The molecular formula is C19H21N3O3. The van der Waals surface area contributed by atoms with E-state index in [-0.39, 0.29) is 12.5 Å². The summed E-state index contributed by atoms with van der Waals surface area (Å²) in [6.45, 7) is 7.12. The number of aliphatic hydroxyl groups excluding tert-OH is 1. The van der Waals surface area contributed by atoms with Gasteiger partial charge in [0.15, 0.2) is 0 Å². The van der Waals surface area contributed by atoms with Gasteiger partial charge in [0, 0.05) is 5.56 Å². The van der Waals surface area contributed by atoms with Gasteiger partial charge in [0.05, 0.1) is 34.5 Å². The molecule has 0 saturated heterocycles. The minimum absolute atomic E-state index is 0.166. The van der Waals surface area contributed by atoms with E-state index < -0.39 is 5.54 Å². The number of nitrogens with one attached hydrogen (secondary N) is 1. The molecule has 0 atom stereocenters. The molecule has 0 aliphatic carbocycles. The molecule has 2 heterocycles. The predicted molar refractivity (Wildman–Crippen MR) is 95.3 cm³/mol. The van der Waals surface area contributed by atoms with Crippen LogP contribution in [0.5, 0.6) is 0 Å². The second kappa shape index (κ2) is 6.29. The number of aliphatic hydroxyl groups is 1. The van der Waals surface area contributed by atoms with E-state index in [4.69, 9.17) is 4.52 Å². The van der Waals surface area contributed by atoms with Crippen LogP contribution in [0, 0.1) is 13.8 Å². The highest BCUT2D eigenvalue weighted by Crippen LogP contribution is 2.27. The number of benzene rings is 1. The van der Waals surface area contributed by atoms with E-state index in [1.165, 1.54) is 0 Å². The Labute approximate surface area is 145 Å². The van der Waals surface area contributed by atoms with Gasteiger partial charge in [0.25, 0.3) is 11.6 Å². The monoisotopic (exact) mass is 339 g/mol. The summed E-state index contributed by atoms with van der Waals surface area (Å²) in [7, 11) is 0. The summed E-state index contributed by atoms with van der Waals surface area (Å²) in [5.74, 6) is -0.300. The van der Waals surface area contributed by atoms with Crippen LogP contribution in [0.4, 0.5) is 0 Å². The summed E-state index contributed by atoms with van der Waals surface area (Å²) < 4.78 is 5.29. The highest BCUT2D eigenvalue weighted by atomic mass is 16.5. The summed E-state index contributed by atoms with van der Waals surface area (Å²) in [6, 6.07) is 9.61. The number of carbonyl (C=O) groups is 1. The third-order valence-corrected chi connectivity index (χ3v) is 4.06. The minimum Gasteiger partial charge on any atom is -0.394 e. The van der Waals surface area contributed by atoms with Crippen molar-refractivity contribution in [2.75, 3.05) is 6.61 Å². The molecule has 3 rings (SSSR count). The van der Waals surface area contributed by atoms with Crippen molar-refractivity contribution in [2.24, 2.45) is 0 Å². The molecule has 0 radical (unpaired) electrons. The lowest BCUT2D eigenvalue weighted by molar-refractivity contribution is 0.0871. The number of hydrogen-bond donors (Lipinski definition) is 2. The number of amides is 1. The molecule has 0 bridgehead atoms. The van der Waals surface area contributed by atoms with Crippen LogP contribution in [0.2, 0.25) is 0 Å². The number of fused-ring (bicyclic) bond motifs is 1. The van der Waals surface area contributed by atoms with Crippen molar-refractivity contribution in [2.45, 2.75) is 33.2 Å². The molecule has 2 aromatic heterocycles. The Morgan fingerprint density at radius 3 is 2.56 bits per heavy atom. The van der Waals surface area contributed by atoms with Crippen LogP contribution < -0.4 is 5.32 Å². The summed E-state index contributed by atoms with van der Waals surface area (Å²) >= 11 is 0. The van der Waals surface area contributed by atoms with Gasteiger partial charge in [-0.2, -0.15) is 0 Å². The van der Waals surface area contributed by atoms with Gasteiger partial charge in [-0.15, -0.1) is 0 Å². The molecule has 2 N–H and O–H groups in total. The molecule has 3 aromatic rings. The molecule has 0 saturated carbocycles. The first-order chi connectivity index (χ1) is 11.8. The Morgan fingerprint density at radius 1 is 1.24 bits per heavy atom. The van der Waals surface area contributed by atoms with Gasteiger partial charge in [-0.1, -0.05) is 35.0 Å². The predicted octanol–water partition coefficient (Wildman–Crippen LogP) is 3.01. The molecule has 0 unspecified atom stereocenters. The summed E-state index contributed by atoms with van der Waals surface area (Å²) in [4.78, 5) is 17.3. The van der Waals surface area contributed by atoms with E-state index in [1.54, 1.807) is 26.8 Å². The lowest BCUT2D eigenvalue weighted by Gasteiger charge is -2.23. The van der Waals surface area contributed by atoms with E-state index >= 15 is 0 Å². The average Bonchev–Trinajstić information content (AvgIpc) is 2.95. The van der Waals surface area contributed by atoms with Crippen molar-refractivity contribution < 1.29 is 14.4 Å². The summed E-state index contributed by atoms with van der Waals surface area (Å²) in [5, 5.41) is 16.8. The van der Waals surface area contributed by atoms with Gasteiger partial charge in [0.2, 0.25) is 0 Å². The largest absolute Gasteiger partial charge is 0.394 e. The van der Waals surface area contributed by atoms with Crippen molar-refractivity contribution in [1.82, 2.24) is 15.5 Å². The number of hydrogen-bond acceptors (Lipinski definition) is 5. The van der Waals surface area contributed by atoms with Crippen molar-refractivity contribution in [3.05, 3.63) is 47.2 Å². The Bertz CT molecular complexity index is 927. The molecule has 1 amide bonds. The number of carbonyl (C=O) groups excluding carboxylic acids is 1. The van der Waals surface area contributed by atoms with E-state index in [0.29, 0.717) is 28.1 Å². The number of aryl methyl sites for hydroxylation is 2. The smallest absolute Gasteiger partial charge is 0.259 e. The lowest BCUT2D eigenvalue weighted by atomic mass is 10.0. The molecule has 0 spiro atoms. The van der Waals surface area contributed by atoms with E-state index in [1.807, 2.05) is 31.2 Å². The Balaban J connectivity index is 2.14. The second-order valence-corrected chi connectivity index (χ2v) is 6.87. The van der Waals surface area contributed by atoms with E-state index in [9.17, 15) is 9.90 Å². The zero-order valence-electron chi connectivity index (χ0n) is 14.8. The summed E-state index contributed by atoms with van der Waals surface area (Å²) in [5.41, 5.74) is 3.28. The number of pyridine rings is 1. The third-order valence-electron chi connectivity index (χ3n) is 4.06. The Morgan fingerprint density at radius 2 is 1.92 bits per heavy atom. The quantitative estimate of drug-likeness (QED) is 0.763.